The Hall–Kier alpha value is -0.0300. The number of nitrogens with two attached hydrogens (primary N) is 1. The third-order valence-electron chi connectivity index (χ3n) is 4.47. The third-order valence-corrected chi connectivity index (χ3v) is 6.98. The summed E-state index contributed by atoms with van der Waals surface area (Å²) in [5.74, 6) is 1.28. The molecule has 1 saturated heterocycles. The molecule has 1 aromatic heterocycles. The van der Waals surface area contributed by atoms with Crippen LogP contribution in [0, 0.1) is 0 Å². The van der Waals surface area contributed by atoms with Crippen LogP contribution in [0.25, 0.3) is 0 Å². The molecule has 3 unspecified atom stereocenters. The summed E-state index contributed by atoms with van der Waals surface area (Å²) < 4.78 is 0. The van der Waals surface area contributed by atoms with Gasteiger partial charge in [-0.2, -0.15) is 11.8 Å². The van der Waals surface area contributed by atoms with Gasteiger partial charge in [0.05, 0.1) is 0 Å². The summed E-state index contributed by atoms with van der Waals surface area (Å²) in [7, 11) is 2.25. The Balaban J connectivity index is 2.21. The summed E-state index contributed by atoms with van der Waals surface area (Å²) in [5, 5.41) is 2.78. The molecule has 4 heteroatoms. The van der Waals surface area contributed by atoms with Crippen LogP contribution in [0.5, 0.6) is 0 Å². The van der Waals surface area contributed by atoms with Gasteiger partial charge in [0.1, 0.15) is 0 Å². The summed E-state index contributed by atoms with van der Waals surface area (Å²) in [6.07, 6.45) is 2.51. The first kappa shape index (κ1) is 14.4. The Kier molecular flexibility index (Phi) is 4.75. The van der Waals surface area contributed by atoms with Crippen LogP contribution in [-0.2, 0) is 0 Å². The predicted octanol–water partition coefficient (Wildman–Crippen LogP) is 3.35. The van der Waals surface area contributed by atoms with Crippen molar-refractivity contribution in [2.45, 2.75) is 43.5 Å². The number of thioether (sulfide) groups is 1. The zero-order chi connectivity index (χ0) is 13.2. The topological polar surface area (TPSA) is 29.3 Å². The van der Waals surface area contributed by atoms with E-state index >= 15 is 0 Å². The van der Waals surface area contributed by atoms with E-state index < -0.39 is 0 Å². The summed E-state index contributed by atoms with van der Waals surface area (Å²) in [6, 6.07) is 4.82. The molecule has 0 saturated carbocycles. The molecule has 2 heterocycles. The molecule has 18 heavy (non-hydrogen) atoms. The van der Waals surface area contributed by atoms with Crippen molar-refractivity contribution in [3.63, 3.8) is 0 Å². The largest absolute Gasteiger partial charge is 0.329 e. The van der Waals surface area contributed by atoms with Crippen molar-refractivity contribution < 1.29 is 0 Å². The van der Waals surface area contributed by atoms with Gasteiger partial charge in [-0.15, -0.1) is 11.3 Å². The number of thiophene rings is 1. The number of hydrogen-bond acceptors (Lipinski definition) is 4. The van der Waals surface area contributed by atoms with Crippen molar-refractivity contribution in [2.24, 2.45) is 5.73 Å². The van der Waals surface area contributed by atoms with Crippen LogP contribution in [0.4, 0.5) is 0 Å². The second kappa shape index (κ2) is 5.95. The van der Waals surface area contributed by atoms with Crippen molar-refractivity contribution in [3.05, 3.63) is 22.4 Å². The van der Waals surface area contributed by atoms with Crippen molar-refractivity contribution in [2.75, 3.05) is 19.3 Å². The van der Waals surface area contributed by atoms with E-state index in [4.69, 9.17) is 5.73 Å². The fraction of sp³-hybridized carbons (Fsp3) is 0.714. The fourth-order valence-electron chi connectivity index (χ4n) is 2.98. The number of likely N-dealkylation sites (N-methyl/N-ethyl adjacent to an activating group) is 1. The molecule has 0 bridgehead atoms. The van der Waals surface area contributed by atoms with Crippen LogP contribution in [0.2, 0.25) is 0 Å². The molecule has 1 aromatic rings. The van der Waals surface area contributed by atoms with Crippen LogP contribution in [-0.4, -0.2) is 35.0 Å². The highest BCUT2D eigenvalue weighted by Gasteiger charge is 2.43. The summed E-state index contributed by atoms with van der Waals surface area (Å²) in [5.41, 5.74) is 6.33. The van der Waals surface area contributed by atoms with E-state index in [-0.39, 0.29) is 5.54 Å². The molecule has 0 spiro atoms. The van der Waals surface area contributed by atoms with Crippen molar-refractivity contribution in [3.8, 4) is 0 Å². The average Bonchev–Trinajstić information content (AvgIpc) is 2.92. The van der Waals surface area contributed by atoms with Crippen LogP contribution in [0.1, 0.15) is 37.6 Å². The molecule has 0 amide bonds. The van der Waals surface area contributed by atoms with Gasteiger partial charge in [-0.25, -0.2) is 0 Å². The normalized spacial score (nSPS) is 30.6. The zero-order valence-corrected chi connectivity index (χ0v) is 13.2. The monoisotopic (exact) mass is 284 g/mol. The number of nitrogens with zero attached hydrogens (tertiary/aromatic N) is 1. The summed E-state index contributed by atoms with van der Waals surface area (Å²) in [6.45, 7) is 5.40. The van der Waals surface area contributed by atoms with Crippen molar-refractivity contribution in [1.29, 1.82) is 0 Å². The Bertz CT molecular complexity index is 366. The van der Waals surface area contributed by atoms with E-state index in [9.17, 15) is 0 Å². The molecular weight excluding hydrogens is 260 g/mol. The van der Waals surface area contributed by atoms with E-state index in [1.807, 2.05) is 11.3 Å². The first-order valence-corrected chi connectivity index (χ1v) is 8.62. The van der Waals surface area contributed by atoms with Crippen molar-refractivity contribution in [1.82, 2.24) is 4.90 Å². The van der Waals surface area contributed by atoms with E-state index in [1.54, 1.807) is 0 Å². The molecule has 2 nitrogen and oxygen atoms in total. The maximum atomic E-state index is 6.17. The summed E-state index contributed by atoms with van der Waals surface area (Å²) in [4.78, 5) is 3.96. The minimum Gasteiger partial charge on any atom is -0.329 e. The van der Waals surface area contributed by atoms with Gasteiger partial charge in [0, 0.05) is 28.3 Å². The summed E-state index contributed by atoms with van der Waals surface area (Å²) >= 11 is 3.92. The second-order valence-electron chi connectivity index (χ2n) is 5.23. The SMILES string of the molecule is CC(c1cccs1)N(C)C1(CN)CCCSC1C. The van der Waals surface area contributed by atoms with E-state index in [0.29, 0.717) is 11.3 Å². The molecule has 0 radical (unpaired) electrons. The molecule has 102 valence electrons. The minimum atomic E-state index is 0.159. The lowest BCUT2D eigenvalue weighted by atomic mass is 9.86. The molecule has 1 aliphatic heterocycles. The average molecular weight is 284 g/mol. The van der Waals surface area contributed by atoms with E-state index in [2.05, 4.69) is 55.1 Å². The molecule has 3 atom stereocenters. The van der Waals surface area contributed by atoms with Gasteiger partial charge in [0.15, 0.2) is 0 Å². The molecule has 2 N–H and O–H groups in total. The van der Waals surface area contributed by atoms with Gasteiger partial charge in [-0.05, 0) is 44.0 Å². The Morgan fingerprint density at radius 2 is 2.39 bits per heavy atom. The second-order valence-corrected chi connectivity index (χ2v) is 7.65. The maximum Gasteiger partial charge on any atom is 0.0450 e. The lowest BCUT2D eigenvalue weighted by molar-refractivity contribution is 0.0743. The standard InChI is InChI=1S/C14H24N2S2/c1-11(13-6-4-8-18-13)16(3)14(10-15)7-5-9-17-12(14)2/h4,6,8,11-12H,5,7,9-10,15H2,1-3H3. The van der Waals surface area contributed by atoms with Crippen LogP contribution in [0.3, 0.4) is 0 Å². The van der Waals surface area contributed by atoms with Gasteiger partial charge in [0.2, 0.25) is 0 Å². The van der Waals surface area contributed by atoms with Gasteiger partial charge in [0.25, 0.3) is 0 Å². The van der Waals surface area contributed by atoms with E-state index in [0.717, 1.165) is 6.54 Å². The molecular formula is C14H24N2S2. The number of rotatable bonds is 4. The third kappa shape index (κ3) is 2.48. The van der Waals surface area contributed by atoms with Gasteiger partial charge in [-0.3, -0.25) is 4.90 Å². The van der Waals surface area contributed by atoms with Crippen LogP contribution in [0.15, 0.2) is 17.5 Å². The highest BCUT2D eigenvalue weighted by molar-refractivity contribution is 8.00. The highest BCUT2D eigenvalue weighted by atomic mass is 32.2. The Morgan fingerprint density at radius 1 is 1.61 bits per heavy atom. The fourth-order valence-corrected chi connectivity index (χ4v) is 5.16. The quantitative estimate of drug-likeness (QED) is 0.919. The van der Waals surface area contributed by atoms with Crippen LogP contribution < -0.4 is 5.73 Å². The minimum absolute atomic E-state index is 0.159. The highest BCUT2D eigenvalue weighted by Crippen LogP contribution is 2.41. The predicted molar refractivity (Wildman–Crippen MR) is 83.4 cm³/mol. The molecule has 1 fully saturated rings. The number of hydrogen-bond donors (Lipinski definition) is 1. The lowest BCUT2D eigenvalue weighted by Crippen LogP contribution is -2.59. The van der Waals surface area contributed by atoms with Crippen molar-refractivity contribution >= 4 is 23.1 Å². The Morgan fingerprint density at radius 3 is 2.94 bits per heavy atom. The maximum absolute atomic E-state index is 6.17. The smallest absolute Gasteiger partial charge is 0.0450 e. The lowest BCUT2D eigenvalue weighted by Gasteiger charge is -2.50. The molecule has 0 aromatic carbocycles. The molecule has 1 aliphatic rings. The van der Waals surface area contributed by atoms with Gasteiger partial charge in [-0.1, -0.05) is 13.0 Å². The van der Waals surface area contributed by atoms with E-state index in [1.165, 1.54) is 23.5 Å². The van der Waals surface area contributed by atoms with Gasteiger partial charge < -0.3 is 5.73 Å². The first-order chi connectivity index (χ1) is 8.62. The van der Waals surface area contributed by atoms with Crippen LogP contribution >= 0.6 is 23.1 Å². The van der Waals surface area contributed by atoms with Gasteiger partial charge >= 0.3 is 0 Å². The zero-order valence-electron chi connectivity index (χ0n) is 11.6. The first-order valence-electron chi connectivity index (χ1n) is 6.70. The Labute approximate surface area is 119 Å². The molecule has 2 rings (SSSR count). The molecule has 0 aliphatic carbocycles.